The van der Waals surface area contributed by atoms with E-state index in [1.54, 1.807) is 11.3 Å². The molecule has 1 saturated carbocycles. The van der Waals surface area contributed by atoms with E-state index in [4.69, 9.17) is 4.42 Å². The molecule has 4 rings (SSSR count). The van der Waals surface area contributed by atoms with Gasteiger partial charge in [-0.3, -0.25) is 0 Å². The van der Waals surface area contributed by atoms with Crippen LogP contribution in [-0.2, 0) is 13.0 Å². The molecule has 0 amide bonds. The molecule has 5 nitrogen and oxygen atoms in total. The van der Waals surface area contributed by atoms with Gasteiger partial charge < -0.3 is 9.73 Å². The Hall–Kier alpha value is -2.21. The molecular weight excluding hydrogens is 320 g/mol. The Kier molecular flexibility index (Phi) is 4.55. The quantitative estimate of drug-likeness (QED) is 0.714. The van der Waals surface area contributed by atoms with Gasteiger partial charge in [0.2, 0.25) is 5.89 Å². The van der Waals surface area contributed by atoms with Gasteiger partial charge in [-0.15, -0.1) is 16.4 Å². The number of thiazole rings is 1. The van der Waals surface area contributed by atoms with Crippen LogP contribution in [0.25, 0.3) is 10.4 Å². The van der Waals surface area contributed by atoms with E-state index in [1.807, 2.05) is 24.4 Å². The van der Waals surface area contributed by atoms with Gasteiger partial charge in [0.15, 0.2) is 0 Å². The summed E-state index contributed by atoms with van der Waals surface area (Å²) in [4.78, 5) is 5.63. The second kappa shape index (κ2) is 7.13. The molecule has 0 spiro atoms. The molecule has 0 saturated heterocycles. The van der Waals surface area contributed by atoms with Crippen LogP contribution in [-0.4, -0.2) is 15.2 Å². The third-order valence-electron chi connectivity index (χ3n) is 4.41. The minimum Gasteiger partial charge on any atom is -0.408 e. The smallest absolute Gasteiger partial charge is 0.315 e. The lowest BCUT2D eigenvalue weighted by Gasteiger charge is -2.03. The van der Waals surface area contributed by atoms with Crippen molar-refractivity contribution in [1.82, 2.24) is 15.2 Å². The van der Waals surface area contributed by atoms with Crippen molar-refractivity contribution >= 4 is 17.4 Å². The molecule has 3 aromatic rings. The fraction of sp³-hybridized carbons (Fsp3) is 0.389. The van der Waals surface area contributed by atoms with Gasteiger partial charge in [-0.2, -0.15) is 0 Å². The zero-order chi connectivity index (χ0) is 16.2. The SMILES string of the molecule is c1ccc(-c2cnc(CNc3nnc(CC4CCCC4)o3)s2)cc1. The minimum absolute atomic E-state index is 0.486. The molecule has 0 atom stereocenters. The van der Waals surface area contributed by atoms with E-state index < -0.39 is 0 Å². The molecular formula is C18H20N4OS. The van der Waals surface area contributed by atoms with Gasteiger partial charge in [0.05, 0.1) is 11.4 Å². The van der Waals surface area contributed by atoms with Gasteiger partial charge in [0.25, 0.3) is 0 Å². The lowest BCUT2D eigenvalue weighted by atomic mass is 10.0. The molecule has 1 N–H and O–H groups in total. The molecule has 1 aliphatic carbocycles. The number of aromatic nitrogens is 3. The number of nitrogens with one attached hydrogen (secondary N) is 1. The van der Waals surface area contributed by atoms with E-state index >= 15 is 0 Å². The first-order valence-electron chi connectivity index (χ1n) is 8.43. The van der Waals surface area contributed by atoms with Crippen molar-refractivity contribution in [3.63, 3.8) is 0 Å². The first-order chi connectivity index (χ1) is 11.9. The normalized spacial score (nSPS) is 15.0. The maximum Gasteiger partial charge on any atom is 0.315 e. The molecule has 1 fully saturated rings. The number of hydrogen-bond acceptors (Lipinski definition) is 6. The molecule has 124 valence electrons. The molecule has 6 heteroatoms. The summed E-state index contributed by atoms with van der Waals surface area (Å²) in [5.41, 5.74) is 1.19. The van der Waals surface area contributed by atoms with Crippen molar-refractivity contribution in [2.75, 3.05) is 5.32 Å². The van der Waals surface area contributed by atoms with Crippen LogP contribution in [0.15, 0.2) is 40.9 Å². The van der Waals surface area contributed by atoms with Crippen molar-refractivity contribution in [2.45, 2.75) is 38.6 Å². The van der Waals surface area contributed by atoms with E-state index in [-0.39, 0.29) is 0 Å². The van der Waals surface area contributed by atoms with E-state index in [0.29, 0.717) is 18.5 Å². The summed E-state index contributed by atoms with van der Waals surface area (Å²) in [7, 11) is 0. The Morgan fingerprint density at radius 3 is 2.79 bits per heavy atom. The van der Waals surface area contributed by atoms with Gasteiger partial charge in [0.1, 0.15) is 5.01 Å². The van der Waals surface area contributed by atoms with Crippen LogP contribution in [0.3, 0.4) is 0 Å². The third-order valence-corrected chi connectivity index (χ3v) is 5.45. The van der Waals surface area contributed by atoms with Crippen LogP contribution in [0.1, 0.15) is 36.6 Å². The Labute approximate surface area is 145 Å². The van der Waals surface area contributed by atoms with Crippen molar-refractivity contribution in [3.05, 3.63) is 47.4 Å². The van der Waals surface area contributed by atoms with E-state index in [1.165, 1.54) is 36.1 Å². The number of nitrogens with zero attached hydrogens (tertiary/aromatic N) is 3. The van der Waals surface area contributed by atoms with Gasteiger partial charge in [-0.05, 0) is 24.3 Å². The lowest BCUT2D eigenvalue weighted by molar-refractivity contribution is 0.437. The maximum absolute atomic E-state index is 5.70. The van der Waals surface area contributed by atoms with Crippen LogP contribution in [0.2, 0.25) is 0 Å². The van der Waals surface area contributed by atoms with E-state index in [9.17, 15) is 0 Å². The molecule has 2 aromatic heterocycles. The number of anilines is 1. The summed E-state index contributed by atoms with van der Waals surface area (Å²) in [6, 6.07) is 10.8. The fourth-order valence-electron chi connectivity index (χ4n) is 3.15. The molecule has 0 aliphatic heterocycles. The predicted molar refractivity (Wildman–Crippen MR) is 94.8 cm³/mol. The van der Waals surface area contributed by atoms with Gasteiger partial charge in [-0.25, -0.2) is 4.98 Å². The monoisotopic (exact) mass is 340 g/mol. The van der Waals surface area contributed by atoms with Crippen molar-refractivity contribution in [2.24, 2.45) is 5.92 Å². The molecule has 1 aliphatic rings. The summed E-state index contributed by atoms with van der Waals surface area (Å²) < 4.78 is 5.70. The second-order valence-corrected chi connectivity index (χ2v) is 7.31. The number of hydrogen-bond donors (Lipinski definition) is 1. The van der Waals surface area contributed by atoms with Crippen LogP contribution in [0, 0.1) is 5.92 Å². The first kappa shape index (κ1) is 15.3. The van der Waals surface area contributed by atoms with Gasteiger partial charge >= 0.3 is 6.01 Å². The van der Waals surface area contributed by atoms with Crippen LogP contribution in [0.5, 0.6) is 0 Å². The zero-order valence-corrected chi connectivity index (χ0v) is 14.3. The molecule has 2 heterocycles. The maximum atomic E-state index is 5.70. The topological polar surface area (TPSA) is 63.8 Å². The molecule has 1 aromatic carbocycles. The first-order valence-corrected chi connectivity index (χ1v) is 9.25. The van der Waals surface area contributed by atoms with Gasteiger partial charge in [-0.1, -0.05) is 48.3 Å². The lowest BCUT2D eigenvalue weighted by Crippen LogP contribution is -1.99. The Morgan fingerprint density at radius 2 is 1.96 bits per heavy atom. The molecule has 0 bridgehead atoms. The van der Waals surface area contributed by atoms with E-state index in [2.05, 4.69) is 32.6 Å². The number of benzene rings is 1. The highest BCUT2D eigenvalue weighted by Gasteiger charge is 2.18. The van der Waals surface area contributed by atoms with Crippen molar-refractivity contribution < 1.29 is 4.42 Å². The average Bonchev–Trinajstić information content (AvgIpc) is 3.36. The van der Waals surface area contributed by atoms with Crippen LogP contribution < -0.4 is 5.32 Å². The summed E-state index contributed by atoms with van der Waals surface area (Å²) in [5, 5.41) is 12.4. The molecule has 24 heavy (non-hydrogen) atoms. The Bertz CT molecular complexity index is 777. The Morgan fingerprint density at radius 1 is 1.12 bits per heavy atom. The Balaban J connectivity index is 1.34. The van der Waals surface area contributed by atoms with Gasteiger partial charge in [0, 0.05) is 12.6 Å². The van der Waals surface area contributed by atoms with E-state index in [0.717, 1.165) is 17.3 Å². The average molecular weight is 340 g/mol. The van der Waals surface area contributed by atoms with Crippen molar-refractivity contribution in [3.8, 4) is 10.4 Å². The van der Waals surface area contributed by atoms with Crippen molar-refractivity contribution in [1.29, 1.82) is 0 Å². The van der Waals surface area contributed by atoms with Crippen LogP contribution >= 0.6 is 11.3 Å². The largest absolute Gasteiger partial charge is 0.408 e. The summed E-state index contributed by atoms with van der Waals surface area (Å²) >= 11 is 1.67. The number of rotatable bonds is 6. The molecule has 0 unspecified atom stereocenters. The second-order valence-electron chi connectivity index (χ2n) is 6.19. The fourth-order valence-corrected chi connectivity index (χ4v) is 4.01. The highest BCUT2D eigenvalue weighted by atomic mass is 32.1. The third kappa shape index (κ3) is 3.64. The standard InChI is InChI=1S/C18H20N4OS/c1-2-8-14(9-3-1)15-11-19-17(24-15)12-20-18-22-21-16(23-18)10-13-6-4-5-7-13/h1-3,8-9,11,13H,4-7,10,12H2,(H,20,22). The highest BCUT2D eigenvalue weighted by molar-refractivity contribution is 7.15. The summed E-state index contributed by atoms with van der Waals surface area (Å²) in [5.74, 6) is 1.46. The summed E-state index contributed by atoms with van der Waals surface area (Å²) in [6.45, 7) is 0.600. The highest BCUT2D eigenvalue weighted by Crippen LogP contribution is 2.28. The van der Waals surface area contributed by atoms with Crippen LogP contribution in [0.4, 0.5) is 6.01 Å². The zero-order valence-electron chi connectivity index (χ0n) is 13.4. The predicted octanol–water partition coefficient (Wildman–Crippen LogP) is 4.54. The summed E-state index contributed by atoms with van der Waals surface area (Å²) in [6.07, 6.45) is 8.05. The minimum atomic E-state index is 0.486. The molecule has 0 radical (unpaired) electrons.